The normalized spacial score (nSPS) is 24.6. The van der Waals surface area contributed by atoms with Crippen molar-refractivity contribution >= 4 is 5.78 Å². The topological polar surface area (TPSA) is 247 Å². The highest BCUT2D eigenvalue weighted by Crippen LogP contribution is 2.62. The lowest BCUT2D eigenvalue weighted by Crippen LogP contribution is -2.57. The summed E-state index contributed by atoms with van der Waals surface area (Å²) in [5.74, 6) is -10.5. The first kappa shape index (κ1) is 27.1. The highest BCUT2D eigenvalue weighted by atomic mass is 16.7. The molecule has 5 unspecified atom stereocenters. The van der Waals surface area contributed by atoms with Crippen LogP contribution >= 0.6 is 0 Å². The molecule has 7 rings (SSSR count). The Morgan fingerprint density at radius 3 is 1.86 bits per heavy atom. The lowest BCUT2D eigenvalue weighted by atomic mass is 9.74. The summed E-state index contributed by atoms with van der Waals surface area (Å²) in [6, 6.07) is 8.26. The molecule has 4 aromatic carbocycles. The summed E-state index contributed by atoms with van der Waals surface area (Å²) in [6.07, 6.45) is -5.43. The van der Waals surface area contributed by atoms with Crippen LogP contribution in [-0.2, 0) is 5.79 Å². The molecule has 3 aliphatic heterocycles. The number of carbonyl (C=O) groups excluding carboxylic acids is 1. The average molecular weight is 606 g/mol. The van der Waals surface area contributed by atoms with Crippen LogP contribution in [0, 0.1) is 0 Å². The Hall–Kier alpha value is -5.73. The number of aliphatic hydroxyl groups excluding tert-OH is 2. The maximum absolute atomic E-state index is 13.5. The van der Waals surface area contributed by atoms with Gasteiger partial charge in [0, 0.05) is 46.5 Å². The van der Waals surface area contributed by atoms with Gasteiger partial charge in [0.15, 0.2) is 29.5 Å². The Kier molecular flexibility index (Phi) is 5.48. The molecule has 14 nitrogen and oxygen atoms in total. The Morgan fingerprint density at radius 2 is 1.23 bits per heavy atom. The summed E-state index contributed by atoms with van der Waals surface area (Å²) in [7, 11) is 0. The molecule has 226 valence electrons. The van der Waals surface area contributed by atoms with Crippen molar-refractivity contribution in [1.82, 2.24) is 0 Å². The fourth-order valence-electron chi connectivity index (χ4n) is 6.12. The predicted molar refractivity (Wildman–Crippen MR) is 144 cm³/mol. The molecule has 0 saturated heterocycles. The fourth-order valence-corrected chi connectivity index (χ4v) is 6.12. The number of ketones is 1. The number of hydrogen-bond donors (Lipinski definition) is 10. The summed E-state index contributed by atoms with van der Waals surface area (Å²) in [6.45, 7) is 0. The van der Waals surface area contributed by atoms with E-state index in [0.717, 1.165) is 48.5 Å². The Morgan fingerprint density at radius 1 is 0.636 bits per heavy atom. The zero-order valence-corrected chi connectivity index (χ0v) is 22.0. The molecule has 2 bridgehead atoms. The molecule has 0 spiro atoms. The molecule has 0 saturated carbocycles. The van der Waals surface area contributed by atoms with Crippen LogP contribution in [0.25, 0.3) is 0 Å². The van der Waals surface area contributed by atoms with Crippen LogP contribution in [0.1, 0.15) is 44.6 Å². The number of carbonyl (C=O) groups is 1. The van der Waals surface area contributed by atoms with Gasteiger partial charge in [-0.1, -0.05) is 0 Å². The van der Waals surface area contributed by atoms with Gasteiger partial charge in [-0.3, -0.25) is 4.79 Å². The van der Waals surface area contributed by atoms with Gasteiger partial charge in [0.1, 0.15) is 57.7 Å². The van der Waals surface area contributed by atoms with Gasteiger partial charge in [-0.15, -0.1) is 0 Å². The number of Topliss-reactive ketones (excluding diaryl/α,β-unsaturated/α-hetero) is 1. The molecule has 0 aliphatic carbocycles. The van der Waals surface area contributed by atoms with Crippen molar-refractivity contribution in [3.05, 3.63) is 76.3 Å². The van der Waals surface area contributed by atoms with Crippen molar-refractivity contribution in [1.29, 1.82) is 0 Å². The van der Waals surface area contributed by atoms with E-state index in [2.05, 4.69) is 0 Å². The number of fused-ring (bicyclic) bond motifs is 8. The van der Waals surface area contributed by atoms with Crippen molar-refractivity contribution in [3.8, 4) is 63.2 Å². The zero-order chi connectivity index (χ0) is 31.4. The molecule has 10 N–H and O–H groups in total. The van der Waals surface area contributed by atoms with E-state index in [0.29, 0.717) is 0 Å². The molecular formula is C30H22O14. The van der Waals surface area contributed by atoms with Gasteiger partial charge in [0.05, 0.1) is 5.92 Å². The summed E-state index contributed by atoms with van der Waals surface area (Å²) >= 11 is 0. The van der Waals surface area contributed by atoms with E-state index in [1.165, 1.54) is 0 Å². The van der Waals surface area contributed by atoms with Gasteiger partial charge in [0.2, 0.25) is 5.78 Å². The lowest BCUT2D eigenvalue weighted by molar-refractivity contribution is -0.219. The van der Waals surface area contributed by atoms with Crippen molar-refractivity contribution in [2.24, 2.45) is 0 Å². The zero-order valence-electron chi connectivity index (χ0n) is 22.0. The molecule has 5 atom stereocenters. The van der Waals surface area contributed by atoms with Crippen LogP contribution in [0.15, 0.2) is 48.5 Å². The van der Waals surface area contributed by atoms with Gasteiger partial charge < -0.3 is 65.3 Å². The lowest BCUT2D eigenvalue weighted by Gasteiger charge is -2.50. The molecule has 0 radical (unpaired) electrons. The smallest absolute Gasteiger partial charge is 0.305 e. The standard InChI is InChI=1S/C30H22O14/c31-11-3-10(4-12(32)5-11)30-29(41)23(20-14(34)6-13(33)7-18(20)43-30)22-19(44-30)8-15(35)21-25(39)26(40)27(42-28(21)22)9-1-16(36)24(38)17(37)2-9/h1-8,23,26-27,29,31-38,40-41H. The van der Waals surface area contributed by atoms with Crippen molar-refractivity contribution in [2.75, 3.05) is 0 Å². The van der Waals surface area contributed by atoms with E-state index in [4.69, 9.17) is 14.2 Å². The SMILES string of the molecule is O=C1c2c(O)cc3c(c2OC(c2cc(O)c(O)c(O)c2)C1O)C1c2c(O)cc(O)cc2OC(c2cc(O)cc(O)c2)(O3)C1O. The largest absolute Gasteiger partial charge is 0.508 e. The monoisotopic (exact) mass is 606 g/mol. The third-order valence-electron chi connectivity index (χ3n) is 7.99. The molecule has 14 heteroatoms. The number of hydrogen-bond acceptors (Lipinski definition) is 14. The Balaban J connectivity index is 1.51. The minimum atomic E-state index is -2.27. The van der Waals surface area contributed by atoms with E-state index >= 15 is 0 Å². The second-order valence-electron chi connectivity index (χ2n) is 10.7. The van der Waals surface area contributed by atoms with E-state index in [9.17, 15) is 55.9 Å². The van der Waals surface area contributed by atoms with Gasteiger partial charge in [-0.25, -0.2) is 0 Å². The van der Waals surface area contributed by atoms with Crippen LogP contribution in [0.2, 0.25) is 0 Å². The quantitative estimate of drug-likeness (QED) is 0.147. The average Bonchev–Trinajstić information content (AvgIpc) is 2.93. The number of phenolic OH excluding ortho intramolecular Hbond substituents is 8. The molecule has 0 fully saturated rings. The number of benzene rings is 4. The minimum absolute atomic E-state index is 0.0913. The number of phenols is 8. The summed E-state index contributed by atoms with van der Waals surface area (Å²) < 4.78 is 18.2. The van der Waals surface area contributed by atoms with E-state index < -0.39 is 93.1 Å². The third kappa shape index (κ3) is 3.58. The maximum atomic E-state index is 13.5. The van der Waals surface area contributed by atoms with Crippen molar-refractivity contribution in [2.45, 2.75) is 30.0 Å². The molecule has 44 heavy (non-hydrogen) atoms. The second-order valence-corrected chi connectivity index (χ2v) is 10.7. The predicted octanol–water partition coefficient (Wildman–Crippen LogP) is 2.14. The minimum Gasteiger partial charge on any atom is -0.508 e. The van der Waals surface area contributed by atoms with Crippen molar-refractivity contribution < 1.29 is 70.1 Å². The molecule has 4 aromatic rings. The van der Waals surface area contributed by atoms with E-state index in [1.54, 1.807) is 0 Å². The fraction of sp³-hybridized carbons (Fsp3) is 0.167. The van der Waals surface area contributed by atoms with E-state index in [1.807, 2.05) is 0 Å². The number of rotatable bonds is 2. The summed E-state index contributed by atoms with van der Waals surface area (Å²) in [4.78, 5) is 13.5. The molecule has 0 aromatic heterocycles. The number of aromatic hydroxyl groups is 8. The van der Waals surface area contributed by atoms with Crippen LogP contribution in [0.3, 0.4) is 0 Å². The van der Waals surface area contributed by atoms with Gasteiger partial charge in [-0.05, 0) is 24.3 Å². The molecule has 0 amide bonds. The molecular weight excluding hydrogens is 584 g/mol. The van der Waals surface area contributed by atoms with Crippen LogP contribution in [0.4, 0.5) is 0 Å². The van der Waals surface area contributed by atoms with Crippen LogP contribution in [-0.4, -0.2) is 69.1 Å². The van der Waals surface area contributed by atoms with Gasteiger partial charge in [0.25, 0.3) is 0 Å². The van der Waals surface area contributed by atoms with Crippen LogP contribution in [0.5, 0.6) is 63.2 Å². The van der Waals surface area contributed by atoms with Crippen molar-refractivity contribution in [3.63, 3.8) is 0 Å². The molecule has 3 heterocycles. The van der Waals surface area contributed by atoms with Crippen LogP contribution < -0.4 is 14.2 Å². The highest BCUT2D eigenvalue weighted by molar-refractivity contribution is 6.06. The number of ether oxygens (including phenoxy) is 3. The summed E-state index contributed by atoms with van der Waals surface area (Å²) in [5.41, 5.74) is -0.961. The van der Waals surface area contributed by atoms with Gasteiger partial charge in [-0.2, -0.15) is 0 Å². The van der Waals surface area contributed by atoms with E-state index in [-0.39, 0.29) is 33.8 Å². The van der Waals surface area contributed by atoms with Gasteiger partial charge >= 0.3 is 5.79 Å². The highest BCUT2D eigenvalue weighted by Gasteiger charge is 2.60. The first-order valence-electron chi connectivity index (χ1n) is 13.0. The maximum Gasteiger partial charge on any atom is 0.305 e. The third-order valence-corrected chi connectivity index (χ3v) is 7.99. The molecule has 3 aliphatic rings. The Bertz CT molecular complexity index is 1880. The summed E-state index contributed by atoms with van der Waals surface area (Å²) in [5, 5.41) is 105. The Labute approximate surface area is 245 Å². The number of aliphatic hydroxyl groups is 2. The first-order valence-corrected chi connectivity index (χ1v) is 13.0. The first-order chi connectivity index (χ1) is 20.8. The second kappa shape index (κ2) is 8.89.